The van der Waals surface area contributed by atoms with Gasteiger partial charge in [0, 0.05) is 22.0 Å². The van der Waals surface area contributed by atoms with E-state index >= 15 is 0 Å². The number of nitrogens with zero attached hydrogens (tertiary/aromatic N) is 1. The zero-order valence-corrected chi connectivity index (χ0v) is 13.6. The minimum atomic E-state index is 0.659. The fourth-order valence-corrected chi connectivity index (χ4v) is 3.11. The summed E-state index contributed by atoms with van der Waals surface area (Å²) in [5, 5.41) is 5.16. The van der Waals surface area contributed by atoms with Gasteiger partial charge >= 0.3 is 5.13 Å². The van der Waals surface area contributed by atoms with E-state index in [9.17, 15) is 0 Å². The summed E-state index contributed by atoms with van der Waals surface area (Å²) in [4.78, 5) is 7.81. The molecule has 5 heteroatoms. The molecule has 0 atom stereocenters. The van der Waals surface area contributed by atoms with E-state index < -0.39 is 0 Å². The summed E-state index contributed by atoms with van der Waals surface area (Å²) in [6.45, 7) is 0. The Morgan fingerprint density at radius 3 is 2.70 bits per heavy atom. The van der Waals surface area contributed by atoms with Crippen LogP contribution in [0.3, 0.4) is 0 Å². The van der Waals surface area contributed by atoms with Gasteiger partial charge < -0.3 is 4.42 Å². The minimum absolute atomic E-state index is 0.659. The number of hydrogen-bond donors (Lipinski definition) is 0. The molecule has 112 valence electrons. The molecule has 0 spiro atoms. The maximum absolute atomic E-state index is 6.14. The van der Waals surface area contributed by atoms with Crippen molar-refractivity contribution in [2.24, 2.45) is 4.99 Å². The van der Waals surface area contributed by atoms with Gasteiger partial charge in [-0.1, -0.05) is 53.3 Å². The molecule has 0 saturated carbocycles. The summed E-state index contributed by atoms with van der Waals surface area (Å²) in [6, 6.07) is 17.5. The largest absolute Gasteiger partial charge is 0.456 e. The third-order valence-electron chi connectivity index (χ3n) is 3.44. The predicted octanol–water partition coefficient (Wildman–Crippen LogP) is 4.86. The molecule has 4 rings (SSSR count). The van der Waals surface area contributed by atoms with Crippen molar-refractivity contribution in [3.8, 4) is 11.3 Å². The number of aromatic amines is 1. The van der Waals surface area contributed by atoms with Crippen molar-refractivity contribution in [1.82, 2.24) is 0 Å². The van der Waals surface area contributed by atoms with Gasteiger partial charge in [0.2, 0.25) is 0 Å². The Balaban J connectivity index is 2.03. The quantitative estimate of drug-likeness (QED) is 0.514. The van der Waals surface area contributed by atoms with Crippen LogP contribution >= 0.6 is 22.9 Å². The number of fused-ring (bicyclic) bond motifs is 1. The Morgan fingerprint density at radius 2 is 1.91 bits per heavy atom. The summed E-state index contributed by atoms with van der Waals surface area (Å²) in [6.07, 6.45) is 1.87. The molecule has 0 fully saturated rings. The van der Waals surface area contributed by atoms with E-state index in [2.05, 4.69) is 4.98 Å². The Kier molecular flexibility index (Phi) is 3.69. The number of nitrogens with one attached hydrogen (secondary N) is 1. The van der Waals surface area contributed by atoms with Crippen molar-refractivity contribution in [2.75, 3.05) is 0 Å². The molecule has 23 heavy (non-hydrogen) atoms. The van der Waals surface area contributed by atoms with Gasteiger partial charge in [-0.2, -0.15) is 0 Å². The van der Waals surface area contributed by atoms with Crippen LogP contribution in [-0.4, -0.2) is 0 Å². The van der Waals surface area contributed by atoms with E-state index in [1.165, 1.54) is 0 Å². The summed E-state index contributed by atoms with van der Waals surface area (Å²) in [5.74, 6) is 0.774. The highest BCUT2D eigenvalue weighted by Crippen LogP contribution is 2.24. The number of H-pyrrole nitrogens is 1. The van der Waals surface area contributed by atoms with Crippen LogP contribution < -0.4 is 10.3 Å². The molecule has 0 unspecified atom stereocenters. The molecule has 0 bridgehead atoms. The predicted molar refractivity (Wildman–Crippen MR) is 92.8 cm³/mol. The third-order valence-corrected chi connectivity index (χ3v) is 4.38. The Bertz CT molecular complexity index is 1020. The highest BCUT2D eigenvalue weighted by atomic mass is 35.5. The first-order valence-corrected chi connectivity index (χ1v) is 8.34. The summed E-state index contributed by atoms with van der Waals surface area (Å²) < 4.78 is 6.04. The molecule has 0 aliphatic heterocycles. The normalized spacial score (nSPS) is 12.0. The highest BCUT2D eigenvalue weighted by molar-refractivity contribution is 7.12. The van der Waals surface area contributed by atoms with E-state index in [0.717, 1.165) is 32.8 Å². The van der Waals surface area contributed by atoms with Crippen molar-refractivity contribution in [2.45, 2.75) is 0 Å². The first-order valence-electron chi connectivity index (χ1n) is 7.08. The van der Waals surface area contributed by atoms with Crippen LogP contribution in [0.15, 0.2) is 75.6 Å². The SMILES string of the molecule is Clc1ccc2oc(-c3ccccc3)c/c(=N/c3[nH+]ccs3)c2c1. The lowest BCUT2D eigenvalue weighted by atomic mass is 10.1. The fraction of sp³-hybridized carbons (Fsp3) is 0. The Labute approximate surface area is 141 Å². The van der Waals surface area contributed by atoms with Crippen LogP contribution in [0.4, 0.5) is 5.13 Å². The van der Waals surface area contributed by atoms with E-state index in [4.69, 9.17) is 21.0 Å². The molecule has 0 aliphatic rings. The second-order valence-electron chi connectivity index (χ2n) is 4.98. The molecular weight excluding hydrogens is 328 g/mol. The van der Waals surface area contributed by atoms with Crippen molar-refractivity contribution in [3.63, 3.8) is 0 Å². The molecule has 2 aromatic carbocycles. The summed E-state index contributed by atoms with van der Waals surface area (Å²) in [5.41, 5.74) is 1.77. The molecule has 1 N–H and O–H groups in total. The molecule has 0 saturated heterocycles. The van der Waals surface area contributed by atoms with Gasteiger partial charge in [0.1, 0.15) is 11.3 Å². The van der Waals surface area contributed by atoms with Crippen LogP contribution in [0.2, 0.25) is 5.02 Å². The smallest absolute Gasteiger partial charge is 0.380 e. The van der Waals surface area contributed by atoms with Crippen LogP contribution in [-0.2, 0) is 0 Å². The van der Waals surface area contributed by atoms with Gasteiger partial charge in [0.15, 0.2) is 5.36 Å². The van der Waals surface area contributed by atoms with Crippen molar-refractivity contribution in [3.05, 3.63) is 76.6 Å². The second kappa shape index (κ2) is 5.99. The number of aromatic nitrogens is 1. The lowest BCUT2D eigenvalue weighted by Crippen LogP contribution is -2.05. The fourth-order valence-electron chi connectivity index (χ4n) is 2.38. The zero-order chi connectivity index (χ0) is 15.6. The Morgan fingerprint density at radius 1 is 1.04 bits per heavy atom. The van der Waals surface area contributed by atoms with Crippen LogP contribution in [0.25, 0.3) is 22.3 Å². The van der Waals surface area contributed by atoms with Crippen molar-refractivity contribution >= 4 is 39.0 Å². The van der Waals surface area contributed by atoms with E-state index in [1.807, 2.05) is 66.2 Å². The van der Waals surface area contributed by atoms with Gasteiger partial charge in [-0.3, -0.25) is 0 Å². The maximum atomic E-state index is 6.14. The number of benzene rings is 2. The van der Waals surface area contributed by atoms with Gasteiger partial charge in [0.05, 0.1) is 11.6 Å². The topological polar surface area (TPSA) is 39.6 Å². The molecule has 4 aromatic rings. The van der Waals surface area contributed by atoms with Gasteiger partial charge in [-0.05, 0) is 23.2 Å². The van der Waals surface area contributed by atoms with Gasteiger partial charge in [-0.25, -0.2) is 4.98 Å². The number of halogens is 1. The monoisotopic (exact) mass is 339 g/mol. The third kappa shape index (κ3) is 2.91. The molecule has 0 amide bonds. The minimum Gasteiger partial charge on any atom is -0.456 e. The van der Waals surface area contributed by atoms with Gasteiger partial charge in [0.25, 0.3) is 0 Å². The standard InChI is InChI=1S/C18H11ClN2OS/c19-13-6-7-16-14(10-13)15(21-18-20-8-9-23-18)11-17(22-16)12-4-2-1-3-5-12/h1-11H/p+1/b21-15-. The summed E-state index contributed by atoms with van der Waals surface area (Å²) >= 11 is 7.69. The van der Waals surface area contributed by atoms with Crippen LogP contribution in [0, 0.1) is 0 Å². The average molecular weight is 340 g/mol. The van der Waals surface area contributed by atoms with Crippen molar-refractivity contribution in [1.29, 1.82) is 0 Å². The first kappa shape index (κ1) is 14.2. The van der Waals surface area contributed by atoms with Crippen LogP contribution in [0.1, 0.15) is 0 Å². The Hall–Kier alpha value is -2.43. The molecule has 2 aromatic heterocycles. The molecule has 0 radical (unpaired) electrons. The number of hydrogen-bond acceptors (Lipinski definition) is 3. The number of rotatable bonds is 2. The van der Waals surface area contributed by atoms with E-state index in [0.29, 0.717) is 5.02 Å². The lowest BCUT2D eigenvalue weighted by molar-refractivity contribution is -0.356. The average Bonchev–Trinajstić information content (AvgIpc) is 3.09. The number of thiazole rings is 1. The summed E-state index contributed by atoms with van der Waals surface area (Å²) in [7, 11) is 0. The second-order valence-corrected chi connectivity index (χ2v) is 6.32. The maximum Gasteiger partial charge on any atom is 0.380 e. The van der Waals surface area contributed by atoms with Gasteiger partial charge in [-0.15, -0.1) is 0 Å². The zero-order valence-electron chi connectivity index (χ0n) is 12.0. The molecule has 2 heterocycles. The highest BCUT2D eigenvalue weighted by Gasteiger charge is 2.10. The lowest BCUT2D eigenvalue weighted by Gasteiger charge is -2.03. The molecular formula is C18H12ClN2OS+. The van der Waals surface area contributed by atoms with E-state index in [-0.39, 0.29) is 0 Å². The first-order chi connectivity index (χ1) is 11.3. The van der Waals surface area contributed by atoms with Crippen molar-refractivity contribution < 1.29 is 9.40 Å². The van der Waals surface area contributed by atoms with E-state index in [1.54, 1.807) is 11.3 Å². The molecule has 0 aliphatic carbocycles. The van der Waals surface area contributed by atoms with Crippen LogP contribution in [0.5, 0.6) is 0 Å². The molecule has 3 nitrogen and oxygen atoms in total.